The number of hydrogen-bond donors (Lipinski definition) is 0. The average Bonchev–Trinajstić information content (AvgIpc) is 2.58. The van der Waals surface area contributed by atoms with Crippen molar-refractivity contribution in [3.05, 3.63) is 15.5 Å². The van der Waals surface area contributed by atoms with Crippen molar-refractivity contribution in [3.8, 4) is 0 Å². The summed E-state index contributed by atoms with van der Waals surface area (Å²) in [5.74, 6) is 0.610. The smallest absolute Gasteiger partial charge is 0.183 e. The molecule has 0 bridgehead atoms. The Morgan fingerprint density at radius 1 is 1.75 bits per heavy atom. The first-order valence-electron chi connectivity index (χ1n) is 4.05. The normalized spacial score (nSPS) is 25.0. The van der Waals surface area contributed by atoms with E-state index in [2.05, 4.69) is 22.3 Å². The van der Waals surface area contributed by atoms with Crippen LogP contribution >= 0.6 is 22.9 Å². The van der Waals surface area contributed by atoms with Crippen LogP contribution in [0.25, 0.3) is 0 Å². The van der Waals surface area contributed by atoms with Gasteiger partial charge in [0.15, 0.2) is 4.47 Å². The second-order valence-corrected chi connectivity index (χ2v) is 4.71. The fraction of sp³-hybridized carbons (Fsp3) is 0.625. The molecule has 0 radical (unpaired) electrons. The molecular formula is C8H11ClN2S. The van der Waals surface area contributed by atoms with Crippen molar-refractivity contribution in [2.75, 3.05) is 20.1 Å². The van der Waals surface area contributed by atoms with E-state index >= 15 is 0 Å². The van der Waals surface area contributed by atoms with Crippen LogP contribution in [0.5, 0.6) is 0 Å². The number of thiazole rings is 1. The summed E-state index contributed by atoms with van der Waals surface area (Å²) in [5, 5.41) is 2.08. The van der Waals surface area contributed by atoms with Crippen LogP contribution in [0.2, 0.25) is 4.47 Å². The van der Waals surface area contributed by atoms with Gasteiger partial charge in [0.1, 0.15) is 0 Å². The largest absolute Gasteiger partial charge is 0.306 e. The van der Waals surface area contributed by atoms with Gasteiger partial charge in [-0.15, -0.1) is 11.3 Å². The van der Waals surface area contributed by atoms with Crippen LogP contribution in [-0.2, 0) is 0 Å². The summed E-state index contributed by atoms with van der Waals surface area (Å²) in [6.07, 6.45) is 1.22. The lowest BCUT2D eigenvalue weighted by atomic mass is 10.1. The van der Waals surface area contributed by atoms with Crippen LogP contribution in [0.1, 0.15) is 18.0 Å². The molecule has 1 saturated heterocycles. The number of halogens is 1. The van der Waals surface area contributed by atoms with Gasteiger partial charge >= 0.3 is 0 Å². The Morgan fingerprint density at radius 2 is 2.58 bits per heavy atom. The van der Waals surface area contributed by atoms with E-state index in [0.717, 1.165) is 6.54 Å². The van der Waals surface area contributed by atoms with Gasteiger partial charge < -0.3 is 4.90 Å². The molecule has 1 atom stereocenters. The first-order chi connectivity index (χ1) is 5.75. The molecule has 4 heteroatoms. The van der Waals surface area contributed by atoms with Crippen molar-refractivity contribution in [3.63, 3.8) is 0 Å². The summed E-state index contributed by atoms with van der Waals surface area (Å²) in [6, 6.07) is 0. The zero-order valence-corrected chi connectivity index (χ0v) is 8.53. The SMILES string of the molecule is CN1CCC(c2csc(Cl)n2)C1. The molecule has 1 aliphatic rings. The Bertz CT molecular complexity index is 274. The van der Waals surface area contributed by atoms with E-state index in [1.807, 2.05) is 0 Å². The van der Waals surface area contributed by atoms with Crippen molar-refractivity contribution in [2.45, 2.75) is 12.3 Å². The Morgan fingerprint density at radius 3 is 3.08 bits per heavy atom. The van der Waals surface area contributed by atoms with E-state index in [4.69, 9.17) is 11.6 Å². The van der Waals surface area contributed by atoms with Crippen LogP contribution in [0.3, 0.4) is 0 Å². The molecular weight excluding hydrogens is 192 g/mol. The highest BCUT2D eigenvalue weighted by Gasteiger charge is 2.22. The van der Waals surface area contributed by atoms with E-state index in [1.54, 1.807) is 0 Å². The quantitative estimate of drug-likeness (QED) is 0.695. The molecule has 0 saturated carbocycles. The molecule has 2 nitrogen and oxygen atoms in total. The minimum absolute atomic E-state index is 0.610. The first-order valence-corrected chi connectivity index (χ1v) is 5.31. The Hall–Kier alpha value is -0.120. The fourth-order valence-electron chi connectivity index (χ4n) is 1.63. The molecule has 2 rings (SSSR count). The van der Waals surface area contributed by atoms with Crippen LogP contribution < -0.4 is 0 Å². The van der Waals surface area contributed by atoms with Crippen LogP contribution in [0.4, 0.5) is 0 Å². The zero-order valence-electron chi connectivity index (χ0n) is 6.96. The van der Waals surface area contributed by atoms with Crippen molar-refractivity contribution in [1.82, 2.24) is 9.88 Å². The third-order valence-corrected chi connectivity index (χ3v) is 3.30. The highest BCUT2D eigenvalue weighted by molar-refractivity contribution is 7.13. The van der Waals surface area contributed by atoms with Gasteiger partial charge in [-0.1, -0.05) is 11.6 Å². The fourth-order valence-corrected chi connectivity index (χ4v) is 2.48. The molecule has 66 valence electrons. The first kappa shape index (κ1) is 8.48. The van der Waals surface area contributed by atoms with Gasteiger partial charge in [0.25, 0.3) is 0 Å². The molecule has 1 aliphatic heterocycles. The highest BCUT2D eigenvalue weighted by atomic mass is 35.5. The Balaban J connectivity index is 2.11. The molecule has 12 heavy (non-hydrogen) atoms. The lowest BCUT2D eigenvalue weighted by Crippen LogP contribution is -2.13. The van der Waals surface area contributed by atoms with Gasteiger partial charge in [0.2, 0.25) is 0 Å². The molecule has 0 aliphatic carbocycles. The lowest BCUT2D eigenvalue weighted by Gasteiger charge is -2.06. The van der Waals surface area contributed by atoms with Gasteiger partial charge in [0.05, 0.1) is 5.69 Å². The number of nitrogens with zero attached hydrogens (tertiary/aromatic N) is 2. The maximum absolute atomic E-state index is 5.77. The standard InChI is InChI=1S/C8H11ClN2S/c1-11-3-2-6(4-11)7-5-12-8(9)10-7/h5-6H,2-4H2,1H3. The molecule has 0 amide bonds. The summed E-state index contributed by atoms with van der Waals surface area (Å²) in [7, 11) is 2.15. The van der Waals surface area contributed by atoms with Crippen molar-refractivity contribution < 1.29 is 0 Å². The summed E-state index contributed by atoms with van der Waals surface area (Å²) in [4.78, 5) is 6.62. The van der Waals surface area contributed by atoms with Gasteiger partial charge in [0, 0.05) is 17.8 Å². The molecule has 0 spiro atoms. The second-order valence-electron chi connectivity index (χ2n) is 3.27. The van der Waals surface area contributed by atoms with E-state index in [-0.39, 0.29) is 0 Å². The second kappa shape index (κ2) is 3.32. The molecule has 0 N–H and O–H groups in total. The van der Waals surface area contributed by atoms with E-state index in [9.17, 15) is 0 Å². The van der Waals surface area contributed by atoms with Gasteiger partial charge in [-0.25, -0.2) is 4.98 Å². The predicted molar refractivity (Wildman–Crippen MR) is 52.0 cm³/mol. The molecule has 1 aromatic rings. The van der Waals surface area contributed by atoms with Crippen molar-refractivity contribution in [1.29, 1.82) is 0 Å². The van der Waals surface area contributed by atoms with E-state index in [1.165, 1.54) is 30.0 Å². The zero-order chi connectivity index (χ0) is 8.55. The average molecular weight is 203 g/mol. The predicted octanol–water partition coefficient (Wildman–Crippen LogP) is 2.22. The van der Waals surface area contributed by atoms with E-state index in [0.29, 0.717) is 10.4 Å². The minimum Gasteiger partial charge on any atom is -0.306 e. The number of hydrogen-bond acceptors (Lipinski definition) is 3. The summed E-state index contributed by atoms with van der Waals surface area (Å²) in [5.41, 5.74) is 1.18. The van der Waals surface area contributed by atoms with Crippen LogP contribution in [0, 0.1) is 0 Å². The maximum Gasteiger partial charge on any atom is 0.183 e. The lowest BCUT2D eigenvalue weighted by molar-refractivity contribution is 0.411. The van der Waals surface area contributed by atoms with Crippen molar-refractivity contribution in [2.24, 2.45) is 0 Å². The third kappa shape index (κ3) is 1.63. The van der Waals surface area contributed by atoms with Gasteiger partial charge in [-0.05, 0) is 20.0 Å². The number of aromatic nitrogens is 1. The molecule has 2 heterocycles. The van der Waals surface area contributed by atoms with Crippen LogP contribution in [0.15, 0.2) is 5.38 Å². The third-order valence-electron chi connectivity index (χ3n) is 2.30. The van der Waals surface area contributed by atoms with Crippen LogP contribution in [-0.4, -0.2) is 30.0 Å². The summed E-state index contributed by atoms with van der Waals surface area (Å²) in [6.45, 7) is 2.31. The highest BCUT2D eigenvalue weighted by Crippen LogP contribution is 2.28. The van der Waals surface area contributed by atoms with Crippen molar-refractivity contribution >= 4 is 22.9 Å². The Kier molecular flexibility index (Phi) is 2.35. The maximum atomic E-state index is 5.77. The van der Waals surface area contributed by atoms with Gasteiger partial charge in [-0.2, -0.15) is 0 Å². The van der Waals surface area contributed by atoms with Gasteiger partial charge in [-0.3, -0.25) is 0 Å². The molecule has 0 aromatic carbocycles. The van der Waals surface area contributed by atoms with E-state index < -0.39 is 0 Å². The topological polar surface area (TPSA) is 16.1 Å². The summed E-state index contributed by atoms with van der Waals surface area (Å²) < 4.78 is 0.666. The summed E-state index contributed by atoms with van der Waals surface area (Å²) >= 11 is 7.30. The molecule has 1 aromatic heterocycles. The monoisotopic (exact) mass is 202 g/mol. The molecule has 1 unspecified atom stereocenters. The number of likely N-dealkylation sites (tertiary alicyclic amines) is 1. The number of likely N-dealkylation sites (N-methyl/N-ethyl adjacent to an activating group) is 1. The minimum atomic E-state index is 0.610. The molecule has 1 fully saturated rings. The Labute approximate surface area is 81.2 Å². The number of rotatable bonds is 1.